The predicted molar refractivity (Wildman–Crippen MR) is 62.3 cm³/mol. The monoisotopic (exact) mass is 224 g/mol. The van der Waals surface area contributed by atoms with Gasteiger partial charge in [0.2, 0.25) is 0 Å². The zero-order chi connectivity index (χ0) is 12.2. The van der Waals surface area contributed by atoms with Gasteiger partial charge in [-0.1, -0.05) is 20.8 Å². The number of ether oxygens (including phenoxy) is 1. The Bertz CT molecular complexity index is 350. The summed E-state index contributed by atoms with van der Waals surface area (Å²) in [6.07, 6.45) is 2.77. The standard InChI is InChI=1S/C12H20N2O2/c1-10(15)11-5-7-14(13-11)9-16-8-6-12(2,3)4/h5,7H,6,8-9H2,1-4H3. The van der Waals surface area contributed by atoms with E-state index in [2.05, 4.69) is 25.9 Å². The second-order valence-corrected chi connectivity index (χ2v) is 5.14. The molecule has 0 aliphatic heterocycles. The van der Waals surface area contributed by atoms with Crippen LogP contribution in [0.25, 0.3) is 0 Å². The molecule has 0 fully saturated rings. The molecule has 0 aromatic carbocycles. The molecule has 0 spiro atoms. The number of hydrogen-bond acceptors (Lipinski definition) is 3. The Labute approximate surface area is 96.6 Å². The fourth-order valence-electron chi connectivity index (χ4n) is 1.16. The molecule has 1 rings (SSSR count). The van der Waals surface area contributed by atoms with E-state index in [-0.39, 0.29) is 11.2 Å². The zero-order valence-electron chi connectivity index (χ0n) is 10.5. The highest BCUT2D eigenvalue weighted by Gasteiger charge is 2.09. The third-order valence-electron chi connectivity index (χ3n) is 2.22. The molecule has 90 valence electrons. The van der Waals surface area contributed by atoms with E-state index in [9.17, 15) is 4.79 Å². The second kappa shape index (κ2) is 5.25. The molecule has 1 heterocycles. The summed E-state index contributed by atoms with van der Waals surface area (Å²) in [4.78, 5) is 11.0. The van der Waals surface area contributed by atoms with E-state index in [0.717, 1.165) is 6.42 Å². The number of carbonyl (C=O) groups is 1. The van der Waals surface area contributed by atoms with Gasteiger partial charge in [-0.05, 0) is 17.9 Å². The van der Waals surface area contributed by atoms with Gasteiger partial charge in [0.25, 0.3) is 0 Å². The number of aromatic nitrogens is 2. The first-order valence-corrected chi connectivity index (χ1v) is 5.51. The average Bonchev–Trinajstić information content (AvgIpc) is 2.59. The van der Waals surface area contributed by atoms with Gasteiger partial charge in [0.1, 0.15) is 12.4 Å². The SMILES string of the molecule is CC(=O)c1ccn(COCCC(C)(C)C)n1. The van der Waals surface area contributed by atoms with Crippen molar-refractivity contribution in [2.75, 3.05) is 6.61 Å². The lowest BCUT2D eigenvalue weighted by molar-refractivity contribution is 0.0515. The van der Waals surface area contributed by atoms with Crippen molar-refractivity contribution in [3.63, 3.8) is 0 Å². The molecule has 0 unspecified atom stereocenters. The van der Waals surface area contributed by atoms with Crippen molar-refractivity contribution in [1.29, 1.82) is 0 Å². The maximum atomic E-state index is 11.0. The number of hydrogen-bond donors (Lipinski definition) is 0. The van der Waals surface area contributed by atoms with Gasteiger partial charge in [-0.25, -0.2) is 4.68 Å². The summed E-state index contributed by atoms with van der Waals surface area (Å²) in [6, 6.07) is 1.70. The molecule has 0 N–H and O–H groups in total. The van der Waals surface area contributed by atoms with Crippen LogP contribution in [0.3, 0.4) is 0 Å². The molecule has 1 aromatic rings. The minimum absolute atomic E-state index is 0.0200. The molecule has 0 aliphatic rings. The molecule has 0 atom stereocenters. The van der Waals surface area contributed by atoms with Crippen molar-refractivity contribution in [2.45, 2.75) is 40.8 Å². The Balaban J connectivity index is 2.30. The van der Waals surface area contributed by atoms with Crippen LogP contribution in [0.4, 0.5) is 0 Å². The van der Waals surface area contributed by atoms with Gasteiger partial charge in [0.05, 0.1) is 0 Å². The van der Waals surface area contributed by atoms with Crippen LogP contribution >= 0.6 is 0 Å². The molecule has 0 bridgehead atoms. The molecule has 4 nitrogen and oxygen atoms in total. The second-order valence-electron chi connectivity index (χ2n) is 5.14. The molecule has 0 saturated heterocycles. The first kappa shape index (κ1) is 12.9. The quantitative estimate of drug-likeness (QED) is 0.570. The zero-order valence-corrected chi connectivity index (χ0v) is 10.5. The fraction of sp³-hybridized carbons (Fsp3) is 0.667. The molecule has 0 radical (unpaired) electrons. The van der Waals surface area contributed by atoms with Gasteiger partial charge in [-0.15, -0.1) is 0 Å². The van der Waals surface area contributed by atoms with E-state index in [1.807, 2.05) is 0 Å². The summed E-state index contributed by atoms with van der Waals surface area (Å²) in [7, 11) is 0. The smallest absolute Gasteiger partial charge is 0.179 e. The molecule has 0 aliphatic carbocycles. The molecular formula is C12H20N2O2. The number of rotatable bonds is 5. The highest BCUT2D eigenvalue weighted by molar-refractivity contribution is 5.91. The third kappa shape index (κ3) is 4.57. The van der Waals surface area contributed by atoms with Crippen molar-refractivity contribution in [2.24, 2.45) is 5.41 Å². The summed E-state index contributed by atoms with van der Waals surface area (Å²) in [6.45, 7) is 9.16. The highest BCUT2D eigenvalue weighted by Crippen LogP contribution is 2.17. The maximum Gasteiger partial charge on any atom is 0.179 e. The topological polar surface area (TPSA) is 44.1 Å². The largest absolute Gasteiger partial charge is 0.359 e. The Morgan fingerprint density at radius 3 is 2.69 bits per heavy atom. The maximum absolute atomic E-state index is 11.0. The molecule has 1 aromatic heterocycles. The van der Waals surface area contributed by atoms with Gasteiger partial charge in [0.15, 0.2) is 5.78 Å². The summed E-state index contributed by atoms with van der Waals surface area (Å²) in [5.74, 6) is -0.0200. The highest BCUT2D eigenvalue weighted by atomic mass is 16.5. The van der Waals surface area contributed by atoms with Crippen molar-refractivity contribution >= 4 is 5.78 Å². The first-order valence-electron chi connectivity index (χ1n) is 5.51. The van der Waals surface area contributed by atoms with Crippen LogP contribution in [0, 0.1) is 5.41 Å². The van der Waals surface area contributed by atoms with Crippen LogP contribution in [-0.2, 0) is 11.5 Å². The third-order valence-corrected chi connectivity index (χ3v) is 2.22. The van der Waals surface area contributed by atoms with Gasteiger partial charge in [0, 0.05) is 19.7 Å². The molecule has 0 saturated carbocycles. The van der Waals surface area contributed by atoms with E-state index in [0.29, 0.717) is 19.0 Å². The van der Waals surface area contributed by atoms with Gasteiger partial charge >= 0.3 is 0 Å². The van der Waals surface area contributed by atoms with E-state index in [1.54, 1.807) is 16.9 Å². The molecular weight excluding hydrogens is 204 g/mol. The number of nitrogens with zero attached hydrogens (tertiary/aromatic N) is 2. The summed E-state index contributed by atoms with van der Waals surface area (Å²) in [5, 5.41) is 4.09. The molecule has 16 heavy (non-hydrogen) atoms. The number of carbonyl (C=O) groups excluding carboxylic acids is 1. The Hall–Kier alpha value is -1.16. The average molecular weight is 224 g/mol. The van der Waals surface area contributed by atoms with Crippen LogP contribution in [-0.4, -0.2) is 22.2 Å². The van der Waals surface area contributed by atoms with Gasteiger partial charge in [-0.3, -0.25) is 4.79 Å². The lowest BCUT2D eigenvalue weighted by atomic mass is 9.93. The van der Waals surface area contributed by atoms with E-state index in [4.69, 9.17) is 4.74 Å². The minimum Gasteiger partial charge on any atom is -0.359 e. The van der Waals surface area contributed by atoms with Crippen molar-refractivity contribution in [3.8, 4) is 0 Å². The Morgan fingerprint density at radius 2 is 2.19 bits per heavy atom. The fourth-order valence-corrected chi connectivity index (χ4v) is 1.16. The van der Waals surface area contributed by atoms with Crippen molar-refractivity contribution < 1.29 is 9.53 Å². The lowest BCUT2D eigenvalue weighted by Gasteiger charge is -2.17. The van der Waals surface area contributed by atoms with E-state index < -0.39 is 0 Å². The lowest BCUT2D eigenvalue weighted by Crippen LogP contribution is -2.12. The predicted octanol–water partition coefficient (Wildman–Crippen LogP) is 2.50. The van der Waals surface area contributed by atoms with Crippen molar-refractivity contribution in [3.05, 3.63) is 18.0 Å². The van der Waals surface area contributed by atoms with Crippen LogP contribution in [0.15, 0.2) is 12.3 Å². The normalized spacial score (nSPS) is 11.8. The van der Waals surface area contributed by atoms with E-state index in [1.165, 1.54) is 6.92 Å². The Kier molecular flexibility index (Phi) is 4.24. The van der Waals surface area contributed by atoms with Crippen LogP contribution in [0.5, 0.6) is 0 Å². The minimum atomic E-state index is -0.0200. The number of ketones is 1. The Morgan fingerprint density at radius 1 is 1.50 bits per heavy atom. The number of Topliss-reactive ketones (excluding diaryl/α,β-unsaturated/α-hetero) is 1. The first-order chi connectivity index (χ1) is 7.38. The van der Waals surface area contributed by atoms with E-state index >= 15 is 0 Å². The van der Waals surface area contributed by atoms with Crippen LogP contribution in [0.2, 0.25) is 0 Å². The van der Waals surface area contributed by atoms with Crippen molar-refractivity contribution in [1.82, 2.24) is 9.78 Å². The van der Waals surface area contributed by atoms with Gasteiger partial charge < -0.3 is 4.74 Å². The van der Waals surface area contributed by atoms with Crippen LogP contribution in [0.1, 0.15) is 44.6 Å². The molecule has 4 heteroatoms. The van der Waals surface area contributed by atoms with Crippen LogP contribution < -0.4 is 0 Å². The summed E-state index contributed by atoms with van der Waals surface area (Å²) in [5.41, 5.74) is 0.772. The van der Waals surface area contributed by atoms with Gasteiger partial charge in [-0.2, -0.15) is 5.10 Å². The molecule has 0 amide bonds. The summed E-state index contributed by atoms with van der Waals surface area (Å²) >= 11 is 0. The summed E-state index contributed by atoms with van der Waals surface area (Å²) < 4.78 is 7.12.